The fraction of sp³-hybridized carbons (Fsp3) is 0.481. The van der Waals surface area contributed by atoms with Crippen LogP contribution in [-0.2, 0) is 18.3 Å². The van der Waals surface area contributed by atoms with Gasteiger partial charge in [-0.05, 0) is 71.2 Å². The number of unbranched alkanes of at least 4 members (excludes halogenated alkanes) is 2. The Labute approximate surface area is 173 Å². The van der Waals surface area contributed by atoms with Crippen molar-refractivity contribution in [2.45, 2.75) is 83.5 Å². The lowest BCUT2D eigenvalue weighted by molar-refractivity contribution is 0.0986. The van der Waals surface area contributed by atoms with E-state index in [0.29, 0.717) is 24.4 Å². The van der Waals surface area contributed by atoms with Gasteiger partial charge in [-0.25, -0.2) is 0 Å². The summed E-state index contributed by atoms with van der Waals surface area (Å²) in [5.74, 6) is 0.594. The van der Waals surface area contributed by atoms with Gasteiger partial charge < -0.3 is 0 Å². The highest BCUT2D eigenvalue weighted by Crippen LogP contribution is 2.56. The molecule has 150 valence electrons. The minimum absolute atomic E-state index is 0.00471. The number of benzene rings is 2. The summed E-state index contributed by atoms with van der Waals surface area (Å²) in [5.41, 5.74) is 9.68. The molecule has 29 heavy (non-hydrogen) atoms. The zero-order valence-corrected chi connectivity index (χ0v) is 17.7. The normalized spacial score (nSPS) is 18.0. The lowest BCUT2D eigenvalue weighted by Gasteiger charge is -2.33. The maximum Gasteiger partial charge on any atom is 0.163 e. The Kier molecular flexibility index (Phi) is 4.49. The number of carbonyl (C=O) groups is 2. The van der Waals surface area contributed by atoms with Crippen LogP contribution in [0.15, 0.2) is 24.3 Å². The molecular weight excluding hydrogens is 356 g/mol. The Morgan fingerprint density at radius 1 is 0.655 bits per heavy atom. The van der Waals surface area contributed by atoms with E-state index in [0.717, 1.165) is 36.8 Å². The molecule has 0 atom stereocenters. The lowest BCUT2D eigenvalue weighted by Crippen LogP contribution is -2.26. The van der Waals surface area contributed by atoms with Crippen molar-refractivity contribution in [2.75, 3.05) is 0 Å². The summed E-state index contributed by atoms with van der Waals surface area (Å²) in [6.07, 6.45) is 10.0. The van der Waals surface area contributed by atoms with E-state index in [4.69, 9.17) is 0 Å². The summed E-state index contributed by atoms with van der Waals surface area (Å²) in [6, 6.07) is 9.10. The highest BCUT2D eigenvalue weighted by molar-refractivity contribution is 6.04. The molecule has 0 spiro atoms. The van der Waals surface area contributed by atoms with Gasteiger partial charge in [-0.15, -0.1) is 0 Å². The number of ketones is 2. The number of hydrogen-bond acceptors (Lipinski definition) is 2. The van der Waals surface area contributed by atoms with Gasteiger partial charge in [0.15, 0.2) is 11.6 Å². The van der Waals surface area contributed by atoms with E-state index in [1.165, 1.54) is 59.1 Å². The van der Waals surface area contributed by atoms with Gasteiger partial charge >= 0.3 is 0 Å². The van der Waals surface area contributed by atoms with Gasteiger partial charge in [0.1, 0.15) is 0 Å². The van der Waals surface area contributed by atoms with E-state index in [2.05, 4.69) is 38.1 Å². The molecule has 0 aliphatic heterocycles. The third kappa shape index (κ3) is 2.68. The predicted octanol–water partition coefficient (Wildman–Crippen LogP) is 6.59. The molecular formula is C27H30O2. The molecule has 0 unspecified atom stereocenters. The molecule has 3 aliphatic rings. The van der Waals surface area contributed by atoms with Crippen LogP contribution in [0.3, 0.4) is 0 Å². The highest BCUT2D eigenvalue weighted by atomic mass is 16.1. The first kappa shape index (κ1) is 18.8. The van der Waals surface area contributed by atoms with Crippen molar-refractivity contribution in [3.63, 3.8) is 0 Å². The predicted molar refractivity (Wildman–Crippen MR) is 117 cm³/mol. The Balaban J connectivity index is 1.78. The van der Waals surface area contributed by atoms with Crippen LogP contribution in [0.1, 0.15) is 108 Å². The smallest absolute Gasteiger partial charge is 0.163 e. The van der Waals surface area contributed by atoms with Gasteiger partial charge in [0.2, 0.25) is 0 Å². The zero-order chi connectivity index (χ0) is 20.2. The van der Waals surface area contributed by atoms with Gasteiger partial charge in [-0.1, -0.05) is 51.7 Å². The van der Waals surface area contributed by atoms with Crippen molar-refractivity contribution < 1.29 is 9.59 Å². The number of carbonyl (C=O) groups excluding carboxylic acids is 2. The summed E-state index contributed by atoms with van der Waals surface area (Å²) < 4.78 is 0. The molecule has 3 aliphatic carbocycles. The van der Waals surface area contributed by atoms with Crippen molar-refractivity contribution in [3.05, 3.63) is 57.6 Å². The van der Waals surface area contributed by atoms with Gasteiger partial charge in [-0.2, -0.15) is 0 Å². The van der Waals surface area contributed by atoms with Crippen LogP contribution in [0.2, 0.25) is 0 Å². The van der Waals surface area contributed by atoms with Gasteiger partial charge in [0.25, 0.3) is 0 Å². The van der Waals surface area contributed by atoms with Gasteiger partial charge in [-0.3, -0.25) is 9.59 Å². The molecule has 5 rings (SSSR count). The molecule has 0 fully saturated rings. The van der Waals surface area contributed by atoms with Crippen molar-refractivity contribution in [2.24, 2.45) is 0 Å². The Hall–Kier alpha value is -2.22. The number of fused-ring (bicyclic) bond motifs is 5. The standard InChI is InChI=1S/C27H30O2/c1-3-5-11-27(12-6-4-2)23-14-18-8-10-25(28)19(18)15-22(23)21-13-17-7-9-26(29)20(17)16-24(21)27/h13-16H,3-12H2,1-2H3. The van der Waals surface area contributed by atoms with Crippen molar-refractivity contribution in [3.8, 4) is 11.1 Å². The molecule has 2 nitrogen and oxygen atoms in total. The number of aryl methyl sites for hydroxylation is 2. The Bertz CT molecular complexity index is 1020. The SMILES string of the molecule is CCCCC1(CCCC)c2cc3c(cc2-c2cc4c(cc21)C(=O)CC4)C(=O)CC3. The summed E-state index contributed by atoms with van der Waals surface area (Å²) in [7, 11) is 0. The number of hydrogen-bond donors (Lipinski definition) is 0. The first-order chi connectivity index (χ1) is 14.1. The number of Topliss-reactive ketones (excluding diaryl/α,β-unsaturated/α-hetero) is 2. The summed E-state index contributed by atoms with van der Waals surface area (Å²) >= 11 is 0. The zero-order valence-electron chi connectivity index (χ0n) is 17.7. The third-order valence-corrected chi connectivity index (χ3v) is 7.57. The van der Waals surface area contributed by atoms with Crippen LogP contribution >= 0.6 is 0 Å². The quantitative estimate of drug-likeness (QED) is 0.561. The van der Waals surface area contributed by atoms with E-state index in [9.17, 15) is 9.59 Å². The molecule has 0 bridgehead atoms. The summed E-state index contributed by atoms with van der Waals surface area (Å²) in [6.45, 7) is 4.52. The van der Waals surface area contributed by atoms with E-state index in [-0.39, 0.29) is 5.41 Å². The van der Waals surface area contributed by atoms with Crippen LogP contribution in [-0.4, -0.2) is 11.6 Å². The van der Waals surface area contributed by atoms with E-state index in [1.54, 1.807) is 0 Å². The second-order valence-electron chi connectivity index (χ2n) is 9.25. The van der Waals surface area contributed by atoms with Crippen LogP contribution in [0.4, 0.5) is 0 Å². The highest BCUT2D eigenvalue weighted by Gasteiger charge is 2.44. The van der Waals surface area contributed by atoms with Gasteiger partial charge in [0, 0.05) is 29.4 Å². The Morgan fingerprint density at radius 2 is 1.17 bits per heavy atom. The van der Waals surface area contributed by atoms with Crippen molar-refractivity contribution in [1.82, 2.24) is 0 Å². The Morgan fingerprint density at radius 3 is 1.79 bits per heavy atom. The largest absolute Gasteiger partial charge is 0.294 e. The topological polar surface area (TPSA) is 34.1 Å². The van der Waals surface area contributed by atoms with E-state index < -0.39 is 0 Å². The maximum absolute atomic E-state index is 12.5. The van der Waals surface area contributed by atoms with Crippen LogP contribution in [0, 0.1) is 0 Å². The third-order valence-electron chi connectivity index (χ3n) is 7.57. The first-order valence-corrected chi connectivity index (χ1v) is 11.5. The number of rotatable bonds is 6. The average Bonchev–Trinajstić information content (AvgIpc) is 3.36. The summed E-state index contributed by atoms with van der Waals surface area (Å²) in [5, 5.41) is 0. The maximum atomic E-state index is 12.5. The van der Waals surface area contributed by atoms with Gasteiger partial charge in [0.05, 0.1) is 0 Å². The average molecular weight is 387 g/mol. The second-order valence-corrected chi connectivity index (χ2v) is 9.25. The van der Waals surface area contributed by atoms with Crippen LogP contribution in [0.25, 0.3) is 11.1 Å². The molecule has 0 aromatic heterocycles. The molecule has 2 heteroatoms. The van der Waals surface area contributed by atoms with Crippen LogP contribution < -0.4 is 0 Å². The molecule has 0 radical (unpaired) electrons. The van der Waals surface area contributed by atoms with Crippen molar-refractivity contribution in [1.29, 1.82) is 0 Å². The minimum Gasteiger partial charge on any atom is -0.294 e. The molecule has 0 saturated heterocycles. The summed E-state index contributed by atoms with van der Waals surface area (Å²) in [4.78, 5) is 25.0. The fourth-order valence-corrected chi connectivity index (χ4v) is 5.99. The fourth-order valence-electron chi connectivity index (χ4n) is 5.99. The van der Waals surface area contributed by atoms with Crippen molar-refractivity contribution >= 4 is 11.6 Å². The van der Waals surface area contributed by atoms with E-state index >= 15 is 0 Å². The molecule has 2 aromatic rings. The lowest BCUT2D eigenvalue weighted by atomic mass is 9.70. The molecule has 0 heterocycles. The molecule has 2 aromatic carbocycles. The molecule has 0 saturated carbocycles. The molecule has 0 amide bonds. The monoisotopic (exact) mass is 386 g/mol. The van der Waals surface area contributed by atoms with E-state index in [1.807, 2.05) is 0 Å². The first-order valence-electron chi connectivity index (χ1n) is 11.5. The minimum atomic E-state index is -0.00471. The van der Waals surface area contributed by atoms with Crippen LogP contribution in [0.5, 0.6) is 0 Å². The second kappa shape index (κ2) is 6.93. The molecule has 0 N–H and O–H groups in total.